The second kappa shape index (κ2) is 7.09. The molecule has 1 heterocycles. The van der Waals surface area contributed by atoms with E-state index in [1.807, 2.05) is 4.90 Å². The summed E-state index contributed by atoms with van der Waals surface area (Å²) in [6.45, 7) is 5.22. The molecule has 0 radical (unpaired) electrons. The van der Waals surface area contributed by atoms with Gasteiger partial charge in [-0.05, 0) is 51.2 Å². The summed E-state index contributed by atoms with van der Waals surface area (Å²) in [5.41, 5.74) is 0.580. The van der Waals surface area contributed by atoms with Crippen molar-refractivity contribution in [3.05, 3.63) is 29.8 Å². The van der Waals surface area contributed by atoms with Crippen molar-refractivity contribution in [2.75, 3.05) is 33.2 Å². The Morgan fingerprint density at radius 1 is 1.24 bits per heavy atom. The van der Waals surface area contributed by atoms with Gasteiger partial charge >= 0.3 is 0 Å². The fourth-order valence-electron chi connectivity index (χ4n) is 2.39. The minimum absolute atomic E-state index is 0.0228. The Labute approximate surface area is 125 Å². The molecule has 21 heavy (non-hydrogen) atoms. The fraction of sp³-hybridized carbons (Fsp3) is 0.500. The molecule has 0 N–H and O–H groups in total. The molecular formula is C16H21N3O2. The summed E-state index contributed by atoms with van der Waals surface area (Å²) in [4.78, 5) is 16.5. The molecule has 112 valence electrons. The van der Waals surface area contributed by atoms with Gasteiger partial charge in [0.1, 0.15) is 5.75 Å². The Bertz CT molecular complexity index is 521. The van der Waals surface area contributed by atoms with Crippen molar-refractivity contribution < 1.29 is 9.53 Å². The van der Waals surface area contributed by atoms with Gasteiger partial charge in [-0.25, -0.2) is 0 Å². The first-order chi connectivity index (χ1) is 10.1. The number of nitriles is 1. The first kappa shape index (κ1) is 15.3. The van der Waals surface area contributed by atoms with Gasteiger partial charge < -0.3 is 14.5 Å². The first-order valence-electron chi connectivity index (χ1n) is 7.24. The maximum Gasteiger partial charge on any atom is 0.263 e. The van der Waals surface area contributed by atoms with Crippen LogP contribution >= 0.6 is 0 Å². The minimum atomic E-state index is -0.513. The number of carbonyl (C=O) groups is 1. The van der Waals surface area contributed by atoms with Gasteiger partial charge in [-0.2, -0.15) is 5.26 Å². The monoisotopic (exact) mass is 287 g/mol. The van der Waals surface area contributed by atoms with Gasteiger partial charge in [0.25, 0.3) is 5.91 Å². The molecule has 1 saturated heterocycles. The summed E-state index contributed by atoms with van der Waals surface area (Å²) in [5, 5.41) is 8.76. The molecule has 2 rings (SSSR count). The van der Waals surface area contributed by atoms with E-state index in [0.29, 0.717) is 11.3 Å². The van der Waals surface area contributed by atoms with E-state index < -0.39 is 6.10 Å². The zero-order valence-corrected chi connectivity index (χ0v) is 12.6. The highest BCUT2D eigenvalue weighted by Crippen LogP contribution is 2.15. The van der Waals surface area contributed by atoms with Crippen LogP contribution in [0.5, 0.6) is 5.75 Å². The average Bonchev–Trinajstić information content (AvgIpc) is 2.72. The standard InChI is InChI=1S/C16H21N3O2/c1-13(21-15-6-4-14(12-17)5-7-15)16(20)19-9-3-8-18(2)10-11-19/h4-7,13H,3,8-11H2,1-2H3. The van der Waals surface area contributed by atoms with E-state index in [1.54, 1.807) is 31.2 Å². The molecule has 1 aliphatic rings. The Hall–Kier alpha value is -2.06. The van der Waals surface area contributed by atoms with Gasteiger partial charge in [0.15, 0.2) is 6.10 Å². The zero-order chi connectivity index (χ0) is 15.2. The summed E-state index contributed by atoms with van der Waals surface area (Å²) in [6.07, 6.45) is 0.479. The van der Waals surface area contributed by atoms with Crippen LogP contribution in [0.1, 0.15) is 18.9 Å². The minimum Gasteiger partial charge on any atom is -0.481 e. The smallest absolute Gasteiger partial charge is 0.263 e. The highest BCUT2D eigenvalue weighted by molar-refractivity contribution is 5.81. The lowest BCUT2D eigenvalue weighted by molar-refractivity contribution is -0.137. The van der Waals surface area contributed by atoms with Crippen LogP contribution in [0.15, 0.2) is 24.3 Å². The molecule has 1 unspecified atom stereocenters. The van der Waals surface area contributed by atoms with Gasteiger partial charge in [0.05, 0.1) is 11.6 Å². The summed E-state index contributed by atoms with van der Waals surface area (Å²) >= 11 is 0. The van der Waals surface area contributed by atoms with E-state index in [4.69, 9.17) is 10.00 Å². The number of amides is 1. The lowest BCUT2D eigenvalue weighted by Crippen LogP contribution is -2.42. The van der Waals surface area contributed by atoms with Crippen LogP contribution in [-0.2, 0) is 4.79 Å². The van der Waals surface area contributed by atoms with Gasteiger partial charge in [-0.3, -0.25) is 4.79 Å². The number of carbonyl (C=O) groups excluding carboxylic acids is 1. The highest BCUT2D eigenvalue weighted by atomic mass is 16.5. The third kappa shape index (κ3) is 4.20. The molecule has 1 atom stereocenters. The number of hydrogen-bond donors (Lipinski definition) is 0. The number of likely N-dealkylation sites (N-methyl/N-ethyl adjacent to an activating group) is 1. The maximum absolute atomic E-state index is 12.4. The Morgan fingerprint density at radius 2 is 1.95 bits per heavy atom. The Morgan fingerprint density at radius 3 is 2.62 bits per heavy atom. The molecule has 1 aliphatic heterocycles. The molecule has 1 fully saturated rings. The predicted molar refractivity (Wildman–Crippen MR) is 79.9 cm³/mol. The van der Waals surface area contributed by atoms with Crippen molar-refractivity contribution in [1.82, 2.24) is 9.80 Å². The molecule has 0 spiro atoms. The third-order valence-corrected chi connectivity index (χ3v) is 3.68. The number of rotatable bonds is 3. The Kier molecular flexibility index (Phi) is 5.18. The number of nitrogens with zero attached hydrogens (tertiary/aromatic N) is 3. The van der Waals surface area contributed by atoms with Crippen LogP contribution in [0, 0.1) is 11.3 Å². The SMILES string of the molecule is CC(Oc1ccc(C#N)cc1)C(=O)N1CCCN(C)CC1. The van der Waals surface area contributed by atoms with Gasteiger partial charge in [0, 0.05) is 19.6 Å². The highest BCUT2D eigenvalue weighted by Gasteiger charge is 2.23. The van der Waals surface area contributed by atoms with Crippen molar-refractivity contribution in [3.63, 3.8) is 0 Å². The lowest BCUT2D eigenvalue weighted by Gasteiger charge is -2.24. The van der Waals surface area contributed by atoms with Gasteiger partial charge in [-0.15, -0.1) is 0 Å². The van der Waals surface area contributed by atoms with E-state index in [9.17, 15) is 4.79 Å². The normalized spacial score (nSPS) is 17.7. The van der Waals surface area contributed by atoms with Crippen LogP contribution in [0.4, 0.5) is 0 Å². The molecule has 0 bridgehead atoms. The molecule has 0 aromatic heterocycles. The fourth-order valence-corrected chi connectivity index (χ4v) is 2.39. The molecular weight excluding hydrogens is 266 g/mol. The summed E-state index contributed by atoms with van der Waals surface area (Å²) in [6, 6.07) is 8.88. The van der Waals surface area contributed by atoms with E-state index in [1.165, 1.54) is 0 Å². The van der Waals surface area contributed by atoms with Crippen LogP contribution in [0.25, 0.3) is 0 Å². The predicted octanol–water partition coefficient (Wildman–Crippen LogP) is 1.49. The molecule has 1 amide bonds. The van der Waals surface area contributed by atoms with Crippen molar-refractivity contribution in [2.24, 2.45) is 0 Å². The Balaban J connectivity index is 1.93. The van der Waals surface area contributed by atoms with Crippen LogP contribution in [-0.4, -0.2) is 55.0 Å². The molecule has 1 aromatic carbocycles. The number of hydrogen-bond acceptors (Lipinski definition) is 4. The maximum atomic E-state index is 12.4. The molecule has 1 aromatic rings. The third-order valence-electron chi connectivity index (χ3n) is 3.68. The van der Waals surface area contributed by atoms with E-state index in [-0.39, 0.29) is 5.91 Å². The molecule has 5 nitrogen and oxygen atoms in total. The van der Waals surface area contributed by atoms with Crippen molar-refractivity contribution in [2.45, 2.75) is 19.4 Å². The van der Waals surface area contributed by atoms with Gasteiger partial charge in [-0.1, -0.05) is 0 Å². The summed E-state index contributed by atoms with van der Waals surface area (Å²) in [7, 11) is 2.07. The topological polar surface area (TPSA) is 56.6 Å². The summed E-state index contributed by atoms with van der Waals surface area (Å²) < 4.78 is 5.68. The van der Waals surface area contributed by atoms with E-state index >= 15 is 0 Å². The number of benzene rings is 1. The van der Waals surface area contributed by atoms with Crippen LogP contribution in [0.3, 0.4) is 0 Å². The van der Waals surface area contributed by atoms with Crippen LogP contribution in [0.2, 0.25) is 0 Å². The number of ether oxygens (including phenoxy) is 1. The average molecular weight is 287 g/mol. The van der Waals surface area contributed by atoms with Crippen molar-refractivity contribution >= 4 is 5.91 Å². The van der Waals surface area contributed by atoms with Crippen molar-refractivity contribution in [3.8, 4) is 11.8 Å². The van der Waals surface area contributed by atoms with Crippen LogP contribution < -0.4 is 4.74 Å². The van der Waals surface area contributed by atoms with E-state index in [2.05, 4.69) is 18.0 Å². The summed E-state index contributed by atoms with van der Waals surface area (Å²) in [5.74, 6) is 0.636. The largest absolute Gasteiger partial charge is 0.481 e. The zero-order valence-electron chi connectivity index (χ0n) is 12.6. The quantitative estimate of drug-likeness (QED) is 0.845. The van der Waals surface area contributed by atoms with Crippen molar-refractivity contribution in [1.29, 1.82) is 5.26 Å². The molecule has 0 saturated carbocycles. The second-order valence-electron chi connectivity index (χ2n) is 5.38. The molecule has 5 heteroatoms. The molecule has 0 aliphatic carbocycles. The van der Waals surface area contributed by atoms with Gasteiger partial charge in [0.2, 0.25) is 0 Å². The first-order valence-corrected chi connectivity index (χ1v) is 7.24. The second-order valence-corrected chi connectivity index (χ2v) is 5.38. The van der Waals surface area contributed by atoms with E-state index in [0.717, 1.165) is 32.6 Å². The lowest BCUT2D eigenvalue weighted by atomic mass is 10.2.